The van der Waals surface area contributed by atoms with E-state index in [0.29, 0.717) is 19.5 Å². The first-order valence-corrected chi connectivity index (χ1v) is 10.2. The molecule has 3 aromatic rings. The molecular formula is C25H29NO4. The van der Waals surface area contributed by atoms with Crippen molar-refractivity contribution in [3.63, 3.8) is 0 Å². The lowest BCUT2D eigenvalue weighted by Crippen LogP contribution is -2.31. The average molecular weight is 408 g/mol. The second-order valence-corrected chi connectivity index (χ2v) is 7.12. The number of benzene rings is 2. The van der Waals surface area contributed by atoms with Gasteiger partial charge in [-0.25, -0.2) is 0 Å². The van der Waals surface area contributed by atoms with Crippen LogP contribution >= 0.6 is 0 Å². The van der Waals surface area contributed by atoms with Crippen molar-refractivity contribution in [2.45, 2.75) is 32.2 Å². The number of para-hydroxylation sites is 1. The third-order valence-corrected chi connectivity index (χ3v) is 5.28. The first-order valence-electron chi connectivity index (χ1n) is 10.2. The fourth-order valence-electron chi connectivity index (χ4n) is 3.65. The van der Waals surface area contributed by atoms with Crippen LogP contribution < -0.4 is 9.47 Å². The highest BCUT2D eigenvalue weighted by Crippen LogP contribution is 2.35. The molecule has 30 heavy (non-hydrogen) atoms. The van der Waals surface area contributed by atoms with E-state index in [2.05, 4.69) is 6.07 Å². The number of carbonyl (C=O) groups excluding carboxylic acids is 1. The summed E-state index contributed by atoms with van der Waals surface area (Å²) in [4.78, 5) is 14.6. The molecule has 0 fully saturated rings. The number of carbonyl (C=O) groups is 1. The molecule has 1 atom stereocenters. The monoisotopic (exact) mass is 407 g/mol. The van der Waals surface area contributed by atoms with Gasteiger partial charge in [-0.15, -0.1) is 0 Å². The minimum atomic E-state index is -0.000765. The van der Waals surface area contributed by atoms with Crippen molar-refractivity contribution in [2.75, 3.05) is 20.8 Å². The Morgan fingerprint density at radius 2 is 1.77 bits per heavy atom. The van der Waals surface area contributed by atoms with Gasteiger partial charge in [0, 0.05) is 31.0 Å². The van der Waals surface area contributed by atoms with Crippen molar-refractivity contribution in [3.8, 4) is 11.5 Å². The van der Waals surface area contributed by atoms with Crippen LogP contribution in [-0.2, 0) is 11.3 Å². The third kappa shape index (κ3) is 5.23. The van der Waals surface area contributed by atoms with Gasteiger partial charge in [-0.1, -0.05) is 37.3 Å². The van der Waals surface area contributed by atoms with E-state index in [-0.39, 0.29) is 11.8 Å². The molecule has 5 heteroatoms. The molecule has 1 aromatic heterocycles. The van der Waals surface area contributed by atoms with E-state index in [1.165, 1.54) is 0 Å². The normalized spacial score (nSPS) is 11.7. The number of nitrogens with zero attached hydrogens (tertiary/aromatic N) is 1. The number of hydrogen-bond donors (Lipinski definition) is 0. The van der Waals surface area contributed by atoms with Gasteiger partial charge in [0.05, 0.1) is 20.5 Å². The molecule has 0 unspecified atom stereocenters. The molecule has 1 amide bonds. The minimum Gasteiger partial charge on any atom is -0.497 e. The number of amides is 1. The quantitative estimate of drug-likeness (QED) is 0.460. The fourth-order valence-corrected chi connectivity index (χ4v) is 3.65. The lowest BCUT2D eigenvalue weighted by Gasteiger charge is -2.25. The van der Waals surface area contributed by atoms with Crippen LogP contribution in [0.3, 0.4) is 0 Å². The standard InChI is InChI=1S/C25H29NO4/c1-4-25(27)26(18-19-11-13-20(28-2)14-12-19)16-15-22(24-10-7-17-30-24)21-8-5-6-9-23(21)29-3/h5-14,17,22H,4,15-16,18H2,1-3H3/t22-/m1/s1. The number of rotatable bonds is 10. The van der Waals surface area contributed by atoms with Crippen molar-refractivity contribution in [1.82, 2.24) is 4.90 Å². The highest BCUT2D eigenvalue weighted by molar-refractivity contribution is 5.75. The number of hydrogen-bond acceptors (Lipinski definition) is 4. The summed E-state index contributed by atoms with van der Waals surface area (Å²) in [7, 11) is 3.32. The van der Waals surface area contributed by atoms with E-state index in [1.807, 2.05) is 66.4 Å². The van der Waals surface area contributed by atoms with E-state index in [9.17, 15) is 4.79 Å². The molecule has 2 aromatic carbocycles. The summed E-state index contributed by atoms with van der Waals surface area (Å²) in [5, 5.41) is 0. The molecule has 0 aliphatic rings. The van der Waals surface area contributed by atoms with Gasteiger partial charge in [0.2, 0.25) is 5.91 Å². The van der Waals surface area contributed by atoms with E-state index in [0.717, 1.165) is 34.8 Å². The predicted octanol–water partition coefficient (Wildman–Crippen LogP) is 5.26. The topological polar surface area (TPSA) is 51.9 Å². The minimum absolute atomic E-state index is 0.000765. The van der Waals surface area contributed by atoms with Crippen molar-refractivity contribution in [3.05, 3.63) is 83.8 Å². The van der Waals surface area contributed by atoms with Gasteiger partial charge in [-0.05, 0) is 42.3 Å². The van der Waals surface area contributed by atoms with Crippen LogP contribution in [0.5, 0.6) is 11.5 Å². The van der Waals surface area contributed by atoms with Crippen LogP contribution in [0.2, 0.25) is 0 Å². The molecule has 0 saturated heterocycles. The summed E-state index contributed by atoms with van der Waals surface area (Å²) in [6.07, 6.45) is 2.89. The Bertz CT molecular complexity index is 919. The van der Waals surface area contributed by atoms with Gasteiger partial charge >= 0.3 is 0 Å². The maximum Gasteiger partial charge on any atom is 0.222 e. The SMILES string of the molecule is CCC(=O)N(CC[C@@H](c1ccco1)c1ccccc1OC)Cc1ccc(OC)cc1. The summed E-state index contributed by atoms with van der Waals surface area (Å²) in [5.41, 5.74) is 2.13. The molecular weight excluding hydrogens is 378 g/mol. The largest absolute Gasteiger partial charge is 0.497 e. The Kier molecular flexibility index (Phi) is 7.55. The van der Waals surface area contributed by atoms with Crippen molar-refractivity contribution in [1.29, 1.82) is 0 Å². The van der Waals surface area contributed by atoms with Crippen LogP contribution in [0.15, 0.2) is 71.3 Å². The molecule has 0 N–H and O–H groups in total. The van der Waals surface area contributed by atoms with Crippen molar-refractivity contribution >= 4 is 5.91 Å². The second-order valence-electron chi connectivity index (χ2n) is 7.12. The van der Waals surface area contributed by atoms with Crippen LogP contribution in [0.25, 0.3) is 0 Å². The third-order valence-electron chi connectivity index (χ3n) is 5.28. The summed E-state index contributed by atoms with van der Waals surface area (Å²) in [5.74, 6) is 2.62. The van der Waals surface area contributed by atoms with Gasteiger partial charge < -0.3 is 18.8 Å². The second kappa shape index (κ2) is 10.5. The zero-order valence-electron chi connectivity index (χ0n) is 17.8. The van der Waals surface area contributed by atoms with Crippen LogP contribution in [0.4, 0.5) is 0 Å². The summed E-state index contributed by atoms with van der Waals surface area (Å²) >= 11 is 0. The molecule has 1 heterocycles. The van der Waals surface area contributed by atoms with E-state index < -0.39 is 0 Å². The maximum absolute atomic E-state index is 12.7. The van der Waals surface area contributed by atoms with Gasteiger partial charge in [-0.3, -0.25) is 4.79 Å². The van der Waals surface area contributed by atoms with Gasteiger partial charge in [0.15, 0.2) is 0 Å². The summed E-state index contributed by atoms with van der Waals surface area (Å²) in [6, 6.07) is 19.7. The molecule has 0 saturated carbocycles. The van der Waals surface area contributed by atoms with E-state index in [1.54, 1.807) is 20.5 Å². The molecule has 3 rings (SSSR count). The number of ether oxygens (including phenoxy) is 2. The lowest BCUT2D eigenvalue weighted by molar-refractivity contribution is -0.131. The first-order chi connectivity index (χ1) is 14.7. The smallest absolute Gasteiger partial charge is 0.222 e. The first kappa shape index (κ1) is 21.5. The number of methoxy groups -OCH3 is 2. The van der Waals surface area contributed by atoms with Crippen LogP contribution in [0, 0.1) is 0 Å². The average Bonchev–Trinajstić information content (AvgIpc) is 3.33. The van der Waals surface area contributed by atoms with Crippen LogP contribution in [-0.4, -0.2) is 31.6 Å². The highest BCUT2D eigenvalue weighted by atomic mass is 16.5. The Labute approximate surface area is 178 Å². The molecule has 0 bridgehead atoms. The molecule has 0 radical (unpaired) electrons. The molecule has 0 aliphatic carbocycles. The predicted molar refractivity (Wildman–Crippen MR) is 117 cm³/mol. The van der Waals surface area contributed by atoms with Crippen LogP contribution in [0.1, 0.15) is 42.6 Å². The Hall–Kier alpha value is -3.21. The van der Waals surface area contributed by atoms with E-state index in [4.69, 9.17) is 13.9 Å². The Balaban J connectivity index is 1.80. The van der Waals surface area contributed by atoms with Gasteiger partial charge in [-0.2, -0.15) is 0 Å². The highest BCUT2D eigenvalue weighted by Gasteiger charge is 2.23. The van der Waals surface area contributed by atoms with Crippen molar-refractivity contribution in [2.24, 2.45) is 0 Å². The van der Waals surface area contributed by atoms with Crippen molar-refractivity contribution < 1.29 is 18.7 Å². The molecule has 158 valence electrons. The fraction of sp³-hybridized carbons (Fsp3) is 0.320. The summed E-state index contributed by atoms with van der Waals surface area (Å²) in [6.45, 7) is 3.07. The Morgan fingerprint density at radius 1 is 1.00 bits per heavy atom. The lowest BCUT2D eigenvalue weighted by atomic mass is 9.92. The zero-order valence-corrected chi connectivity index (χ0v) is 17.8. The molecule has 0 aliphatic heterocycles. The summed E-state index contributed by atoms with van der Waals surface area (Å²) < 4.78 is 16.6. The zero-order chi connectivity index (χ0) is 21.3. The molecule has 5 nitrogen and oxygen atoms in total. The van der Waals surface area contributed by atoms with Gasteiger partial charge in [0.25, 0.3) is 0 Å². The maximum atomic E-state index is 12.7. The number of furan rings is 1. The Morgan fingerprint density at radius 3 is 2.40 bits per heavy atom. The molecule has 0 spiro atoms. The van der Waals surface area contributed by atoms with Gasteiger partial charge in [0.1, 0.15) is 17.3 Å². The van der Waals surface area contributed by atoms with E-state index >= 15 is 0 Å².